The number of hydrogen-bond donors (Lipinski definition) is 0. The molecule has 3 aromatic carbocycles. The van der Waals surface area contributed by atoms with Crippen molar-refractivity contribution in [2.75, 3.05) is 13.2 Å². The van der Waals surface area contributed by atoms with Crippen LogP contribution in [-0.4, -0.2) is 29.8 Å². The Morgan fingerprint density at radius 1 is 0.892 bits per heavy atom. The van der Waals surface area contributed by atoms with E-state index in [1.54, 1.807) is 32.9 Å². The maximum absolute atomic E-state index is 12.0. The first kappa shape index (κ1) is 26.0. The van der Waals surface area contributed by atoms with Crippen molar-refractivity contribution < 1.29 is 23.4 Å². The van der Waals surface area contributed by atoms with Crippen LogP contribution in [0.1, 0.15) is 37.8 Å². The van der Waals surface area contributed by atoms with Gasteiger partial charge in [0.1, 0.15) is 17.3 Å². The maximum atomic E-state index is 12.0. The van der Waals surface area contributed by atoms with Crippen LogP contribution in [0.3, 0.4) is 0 Å². The van der Waals surface area contributed by atoms with Crippen molar-refractivity contribution in [3.63, 3.8) is 0 Å². The van der Waals surface area contributed by atoms with Gasteiger partial charge in [-0.05, 0) is 87.7 Å². The summed E-state index contributed by atoms with van der Waals surface area (Å²) in [5.41, 5.74) is 4.37. The van der Waals surface area contributed by atoms with Gasteiger partial charge in [0, 0.05) is 12.0 Å². The standard InChI is InChI=1S/C31H33NO5/c1-6-34-30(33)31(4,5)37-26-17-15-25(16-18-26)35-20-19-28-22(3)36-29(32-28)24-13-11-23(12-14-24)27-10-8-7-9-21(27)2/h7-18H,6,19-20H2,1-5H3. The second-order valence-electron chi connectivity index (χ2n) is 9.32. The minimum atomic E-state index is -1.07. The van der Waals surface area contributed by atoms with Crippen LogP contribution in [0.2, 0.25) is 0 Å². The van der Waals surface area contributed by atoms with E-state index in [0.717, 1.165) is 17.0 Å². The van der Waals surface area contributed by atoms with Gasteiger partial charge in [0.2, 0.25) is 5.89 Å². The normalized spacial score (nSPS) is 11.3. The van der Waals surface area contributed by atoms with Gasteiger partial charge in [-0.1, -0.05) is 36.4 Å². The third-order valence-electron chi connectivity index (χ3n) is 6.05. The highest BCUT2D eigenvalue weighted by Crippen LogP contribution is 2.28. The molecule has 0 atom stereocenters. The van der Waals surface area contributed by atoms with Gasteiger partial charge in [-0.15, -0.1) is 0 Å². The van der Waals surface area contributed by atoms with Gasteiger partial charge in [0.05, 0.1) is 18.9 Å². The second kappa shape index (κ2) is 11.3. The van der Waals surface area contributed by atoms with E-state index in [2.05, 4.69) is 37.3 Å². The fourth-order valence-corrected chi connectivity index (χ4v) is 3.98. The number of benzene rings is 3. The fourth-order valence-electron chi connectivity index (χ4n) is 3.98. The van der Waals surface area contributed by atoms with Crippen molar-refractivity contribution in [3.8, 4) is 34.1 Å². The van der Waals surface area contributed by atoms with Crippen LogP contribution in [0, 0.1) is 13.8 Å². The quantitative estimate of drug-likeness (QED) is 0.220. The highest BCUT2D eigenvalue weighted by Gasteiger charge is 2.31. The third-order valence-corrected chi connectivity index (χ3v) is 6.05. The SMILES string of the molecule is CCOC(=O)C(C)(C)Oc1ccc(OCCc2nc(-c3ccc(-c4ccccc4C)cc3)oc2C)cc1. The van der Waals surface area contributed by atoms with Gasteiger partial charge in [-0.3, -0.25) is 0 Å². The van der Waals surface area contributed by atoms with Crippen molar-refractivity contribution in [3.05, 3.63) is 89.8 Å². The molecule has 0 aliphatic rings. The molecule has 0 N–H and O–H groups in total. The lowest BCUT2D eigenvalue weighted by Gasteiger charge is -2.24. The zero-order valence-electron chi connectivity index (χ0n) is 22.0. The number of hydrogen-bond acceptors (Lipinski definition) is 6. The molecular formula is C31H33NO5. The minimum absolute atomic E-state index is 0.311. The Balaban J connectivity index is 1.33. The Morgan fingerprint density at radius 3 is 2.22 bits per heavy atom. The number of oxazole rings is 1. The average molecular weight is 500 g/mol. The van der Waals surface area contributed by atoms with Gasteiger partial charge in [-0.2, -0.15) is 0 Å². The number of ether oxygens (including phenoxy) is 3. The molecule has 0 spiro atoms. The summed E-state index contributed by atoms with van der Waals surface area (Å²) in [4.78, 5) is 16.7. The van der Waals surface area contributed by atoms with Crippen LogP contribution in [-0.2, 0) is 16.0 Å². The molecule has 0 saturated carbocycles. The van der Waals surface area contributed by atoms with Gasteiger partial charge < -0.3 is 18.6 Å². The lowest BCUT2D eigenvalue weighted by atomic mass is 10.00. The summed E-state index contributed by atoms with van der Waals surface area (Å²) in [5.74, 6) is 2.26. The van der Waals surface area contributed by atoms with Gasteiger partial charge in [0.15, 0.2) is 5.60 Å². The van der Waals surface area contributed by atoms with Crippen molar-refractivity contribution >= 4 is 5.97 Å². The van der Waals surface area contributed by atoms with Crippen LogP contribution in [0.5, 0.6) is 11.5 Å². The lowest BCUT2D eigenvalue weighted by Crippen LogP contribution is -2.39. The Bertz CT molecular complexity index is 1340. The predicted molar refractivity (Wildman–Crippen MR) is 144 cm³/mol. The zero-order chi connectivity index (χ0) is 26.4. The number of carbonyl (C=O) groups is 1. The summed E-state index contributed by atoms with van der Waals surface area (Å²) in [6, 6.07) is 23.8. The zero-order valence-corrected chi connectivity index (χ0v) is 22.0. The molecule has 1 heterocycles. The van der Waals surface area contributed by atoms with Crippen LogP contribution in [0.4, 0.5) is 0 Å². The smallest absolute Gasteiger partial charge is 0.349 e. The molecule has 0 saturated heterocycles. The Morgan fingerprint density at radius 2 is 1.54 bits per heavy atom. The van der Waals surface area contributed by atoms with Crippen LogP contribution >= 0.6 is 0 Å². The molecule has 0 unspecified atom stereocenters. The highest BCUT2D eigenvalue weighted by atomic mass is 16.6. The van der Waals surface area contributed by atoms with E-state index in [1.165, 1.54) is 16.7 Å². The van der Waals surface area contributed by atoms with E-state index in [1.807, 2.05) is 37.3 Å². The molecule has 0 bridgehead atoms. The molecule has 6 nitrogen and oxygen atoms in total. The molecule has 0 aliphatic carbocycles. The minimum Gasteiger partial charge on any atom is -0.493 e. The lowest BCUT2D eigenvalue weighted by molar-refractivity contribution is -0.158. The Labute approximate surface area is 218 Å². The Kier molecular flexibility index (Phi) is 7.97. The van der Waals surface area contributed by atoms with Crippen molar-refractivity contribution in [2.24, 2.45) is 0 Å². The summed E-state index contributed by atoms with van der Waals surface area (Å²) in [6.07, 6.45) is 0.616. The van der Waals surface area contributed by atoms with Crippen LogP contribution in [0.15, 0.2) is 77.2 Å². The van der Waals surface area contributed by atoms with Gasteiger partial charge in [-0.25, -0.2) is 9.78 Å². The topological polar surface area (TPSA) is 70.8 Å². The molecule has 6 heteroatoms. The van der Waals surface area contributed by atoms with E-state index in [-0.39, 0.29) is 0 Å². The van der Waals surface area contributed by atoms with Crippen molar-refractivity contribution in [1.82, 2.24) is 4.98 Å². The summed E-state index contributed by atoms with van der Waals surface area (Å²) in [5, 5.41) is 0. The molecule has 0 amide bonds. The number of aromatic nitrogens is 1. The molecule has 192 valence electrons. The van der Waals surface area contributed by atoms with Crippen molar-refractivity contribution in [2.45, 2.75) is 46.6 Å². The maximum Gasteiger partial charge on any atom is 0.349 e. The number of rotatable bonds is 10. The third kappa shape index (κ3) is 6.39. The first-order valence-corrected chi connectivity index (χ1v) is 12.5. The molecule has 4 aromatic rings. The van der Waals surface area contributed by atoms with E-state index < -0.39 is 11.6 Å². The number of esters is 1. The number of nitrogens with zero attached hydrogens (tertiary/aromatic N) is 1. The van der Waals surface area contributed by atoms with Gasteiger partial charge in [0.25, 0.3) is 0 Å². The molecule has 0 fully saturated rings. The molecule has 4 rings (SSSR count). The van der Waals surface area contributed by atoms with Crippen LogP contribution < -0.4 is 9.47 Å². The second-order valence-corrected chi connectivity index (χ2v) is 9.32. The number of aryl methyl sites for hydroxylation is 2. The fraction of sp³-hybridized carbons (Fsp3) is 0.290. The molecule has 1 aromatic heterocycles. The predicted octanol–water partition coefficient (Wildman–Crippen LogP) is 6.97. The Hall–Kier alpha value is -4.06. The number of carbonyl (C=O) groups excluding carboxylic acids is 1. The van der Waals surface area contributed by atoms with E-state index >= 15 is 0 Å². The average Bonchev–Trinajstić information content (AvgIpc) is 3.26. The van der Waals surface area contributed by atoms with Crippen LogP contribution in [0.25, 0.3) is 22.6 Å². The van der Waals surface area contributed by atoms with Crippen molar-refractivity contribution in [1.29, 1.82) is 0 Å². The molecule has 37 heavy (non-hydrogen) atoms. The summed E-state index contributed by atoms with van der Waals surface area (Å²) >= 11 is 0. The monoisotopic (exact) mass is 499 g/mol. The highest BCUT2D eigenvalue weighted by molar-refractivity contribution is 5.79. The van der Waals surface area contributed by atoms with E-state index in [0.29, 0.717) is 37.0 Å². The molecular weight excluding hydrogens is 466 g/mol. The first-order chi connectivity index (χ1) is 17.8. The molecule has 0 aliphatic heterocycles. The molecule has 0 radical (unpaired) electrons. The van der Waals surface area contributed by atoms with E-state index in [9.17, 15) is 4.79 Å². The summed E-state index contributed by atoms with van der Waals surface area (Å²) in [7, 11) is 0. The van der Waals surface area contributed by atoms with Gasteiger partial charge >= 0.3 is 5.97 Å². The first-order valence-electron chi connectivity index (χ1n) is 12.5. The largest absolute Gasteiger partial charge is 0.493 e. The van der Waals surface area contributed by atoms with E-state index in [4.69, 9.17) is 23.6 Å². The summed E-state index contributed by atoms with van der Waals surface area (Å²) in [6.45, 7) is 9.93. The summed E-state index contributed by atoms with van der Waals surface area (Å²) < 4.78 is 22.7.